The van der Waals surface area contributed by atoms with Crippen molar-refractivity contribution in [3.05, 3.63) is 88.7 Å². The molecule has 3 aromatic rings. The average molecular weight is 391 g/mol. The number of hydrogen-bond donors (Lipinski definition) is 1. The lowest BCUT2D eigenvalue weighted by Crippen LogP contribution is -2.19. The second kappa shape index (κ2) is 7.75. The molecule has 0 unspecified atom stereocenters. The summed E-state index contributed by atoms with van der Waals surface area (Å²) in [6, 6.07) is 15.9. The third-order valence-electron chi connectivity index (χ3n) is 4.61. The van der Waals surface area contributed by atoms with E-state index < -0.39 is 11.7 Å². The van der Waals surface area contributed by atoms with Crippen LogP contribution in [0.4, 0.5) is 10.1 Å². The zero-order valence-electron chi connectivity index (χ0n) is 15.7. The summed E-state index contributed by atoms with van der Waals surface area (Å²) in [6.45, 7) is 2.66. The molecule has 4 rings (SSSR count). The summed E-state index contributed by atoms with van der Waals surface area (Å²) in [5, 5.41) is 2.64. The summed E-state index contributed by atoms with van der Waals surface area (Å²) in [6.07, 6.45) is 0. The van der Waals surface area contributed by atoms with Gasteiger partial charge in [0, 0.05) is 11.6 Å². The second-order valence-corrected chi connectivity index (χ2v) is 6.67. The summed E-state index contributed by atoms with van der Waals surface area (Å²) in [4.78, 5) is 25.8. The van der Waals surface area contributed by atoms with Crippen molar-refractivity contribution in [3.63, 3.8) is 0 Å². The molecule has 1 aliphatic rings. The highest BCUT2D eigenvalue weighted by Gasteiger charge is 2.23. The smallest absolute Gasteiger partial charge is 0.258 e. The lowest BCUT2D eigenvalue weighted by atomic mass is 9.99. The maximum Gasteiger partial charge on any atom is 0.258 e. The standard InChI is InChI=1S/C23H18FNO4/c1-14-6-8-15(9-7-14)22(26)17-12-20-21(29-11-10-28-20)13-19(17)25-23(27)16-4-2-3-5-18(16)24/h2-9,12-13H,10-11H2,1H3,(H,25,27). The van der Waals surface area contributed by atoms with Gasteiger partial charge in [0.1, 0.15) is 19.0 Å². The van der Waals surface area contributed by atoms with Crippen molar-refractivity contribution < 1.29 is 23.5 Å². The van der Waals surface area contributed by atoms with E-state index >= 15 is 0 Å². The number of ether oxygens (including phenoxy) is 2. The van der Waals surface area contributed by atoms with Crippen LogP contribution in [0.2, 0.25) is 0 Å². The molecule has 6 heteroatoms. The summed E-state index contributed by atoms with van der Waals surface area (Å²) >= 11 is 0. The van der Waals surface area contributed by atoms with Gasteiger partial charge in [-0.3, -0.25) is 9.59 Å². The number of nitrogens with one attached hydrogen (secondary N) is 1. The zero-order chi connectivity index (χ0) is 20.4. The second-order valence-electron chi connectivity index (χ2n) is 6.67. The molecule has 0 aliphatic carbocycles. The number of hydrogen-bond acceptors (Lipinski definition) is 4. The van der Waals surface area contributed by atoms with Crippen LogP contribution >= 0.6 is 0 Å². The summed E-state index contributed by atoms with van der Waals surface area (Å²) in [5.41, 5.74) is 1.84. The Morgan fingerprint density at radius 2 is 1.55 bits per heavy atom. The van der Waals surface area contributed by atoms with E-state index in [1.54, 1.807) is 24.3 Å². The minimum absolute atomic E-state index is 0.115. The number of anilines is 1. The topological polar surface area (TPSA) is 64.6 Å². The Bertz CT molecular complexity index is 1090. The first-order chi connectivity index (χ1) is 14.0. The van der Waals surface area contributed by atoms with Crippen LogP contribution in [0.15, 0.2) is 60.7 Å². The Morgan fingerprint density at radius 1 is 0.897 bits per heavy atom. The normalized spacial score (nSPS) is 12.3. The van der Waals surface area contributed by atoms with Crippen molar-refractivity contribution in [1.29, 1.82) is 0 Å². The molecule has 0 saturated carbocycles. The van der Waals surface area contributed by atoms with E-state index in [2.05, 4.69) is 5.32 Å². The Kier molecular flexibility index (Phi) is 4.99. The lowest BCUT2D eigenvalue weighted by molar-refractivity contribution is 0.102. The molecule has 1 heterocycles. The molecule has 0 atom stereocenters. The summed E-state index contributed by atoms with van der Waals surface area (Å²) in [7, 11) is 0. The SMILES string of the molecule is Cc1ccc(C(=O)c2cc3c(cc2NC(=O)c2ccccc2F)OCCO3)cc1. The molecule has 0 aromatic heterocycles. The quantitative estimate of drug-likeness (QED) is 0.670. The molecule has 5 nitrogen and oxygen atoms in total. The molecular formula is C23H18FNO4. The van der Waals surface area contributed by atoms with Crippen molar-refractivity contribution in [2.45, 2.75) is 6.92 Å². The number of fused-ring (bicyclic) bond motifs is 1. The zero-order valence-corrected chi connectivity index (χ0v) is 15.7. The molecule has 3 aromatic carbocycles. The maximum atomic E-state index is 14.0. The van der Waals surface area contributed by atoms with E-state index in [0.717, 1.165) is 5.56 Å². The number of ketones is 1. The molecule has 0 bridgehead atoms. The van der Waals surface area contributed by atoms with Crippen molar-refractivity contribution in [2.24, 2.45) is 0 Å². The van der Waals surface area contributed by atoms with Crippen LogP contribution < -0.4 is 14.8 Å². The third kappa shape index (κ3) is 3.82. The molecule has 1 N–H and O–H groups in total. The predicted octanol–water partition coefficient (Wildman–Crippen LogP) is 4.39. The van der Waals surface area contributed by atoms with Gasteiger partial charge in [-0.25, -0.2) is 4.39 Å². The largest absolute Gasteiger partial charge is 0.486 e. The number of carbonyl (C=O) groups excluding carboxylic acids is 2. The van der Waals surface area contributed by atoms with Gasteiger partial charge in [0.15, 0.2) is 17.3 Å². The van der Waals surface area contributed by atoms with Gasteiger partial charge in [-0.05, 0) is 25.1 Å². The molecule has 146 valence electrons. The van der Waals surface area contributed by atoms with Crippen LogP contribution in [0.25, 0.3) is 0 Å². The minimum Gasteiger partial charge on any atom is -0.486 e. The minimum atomic E-state index is -0.655. The van der Waals surface area contributed by atoms with Crippen molar-refractivity contribution in [2.75, 3.05) is 18.5 Å². The third-order valence-corrected chi connectivity index (χ3v) is 4.61. The Morgan fingerprint density at radius 3 is 2.24 bits per heavy atom. The first kappa shape index (κ1) is 18.7. The molecular weight excluding hydrogens is 373 g/mol. The molecule has 0 saturated heterocycles. The molecule has 1 amide bonds. The van der Waals surface area contributed by atoms with Crippen LogP contribution in [0.1, 0.15) is 31.8 Å². The molecule has 0 fully saturated rings. The first-order valence-electron chi connectivity index (χ1n) is 9.14. The van der Waals surface area contributed by atoms with E-state index in [1.807, 2.05) is 19.1 Å². The van der Waals surface area contributed by atoms with Crippen LogP contribution in [0.5, 0.6) is 11.5 Å². The molecule has 0 radical (unpaired) electrons. The molecule has 29 heavy (non-hydrogen) atoms. The highest BCUT2D eigenvalue weighted by molar-refractivity contribution is 6.15. The van der Waals surface area contributed by atoms with Gasteiger partial charge >= 0.3 is 0 Å². The van der Waals surface area contributed by atoms with Gasteiger partial charge in [0.25, 0.3) is 5.91 Å². The Labute approximate surface area is 167 Å². The average Bonchev–Trinajstić information content (AvgIpc) is 2.73. The maximum absolute atomic E-state index is 14.0. The van der Waals surface area contributed by atoms with Gasteiger partial charge in [-0.15, -0.1) is 0 Å². The number of carbonyl (C=O) groups is 2. The molecule has 1 aliphatic heterocycles. The van der Waals surface area contributed by atoms with E-state index in [4.69, 9.17) is 9.47 Å². The van der Waals surface area contributed by atoms with Crippen molar-refractivity contribution >= 4 is 17.4 Å². The van der Waals surface area contributed by atoms with E-state index in [-0.39, 0.29) is 22.6 Å². The Hall–Kier alpha value is -3.67. The number of amides is 1. The van der Waals surface area contributed by atoms with Gasteiger partial charge in [-0.1, -0.05) is 42.0 Å². The fourth-order valence-electron chi connectivity index (χ4n) is 3.08. The van der Waals surface area contributed by atoms with Crippen LogP contribution in [-0.2, 0) is 0 Å². The highest BCUT2D eigenvalue weighted by atomic mass is 19.1. The monoisotopic (exact) mass is 391 g/mol. The van der Waals surface area contributed by atoms with Gasteiger partial charge < -0.3 is 14.8 Å². The van der Waals surface area contributed by atoms with Crippen LogP contribution in [0.3, 0.4) is 0 Å². The predicted molar refractivity (Wildman–Crippen MR) is 106 cm³/mol. The number of aryl methyl sites for hydroxylation is 1. The summed E-state index contributed by atoms with van der Waals surface area (Å²) < 4.78 is 25.2. The van der Waals surface area contributed by atoms with Gasteiger partial charge in [-0.2, -0.15) is 0 Å². The van der Waals surface area contributed by atoms with Crippen LogP contribution in [0, 0.1) is 12.7 Å². The fourth-order valence-corrected chi connectivity index (χ4v) is 3.08. The summed E-state index contributed by atoms with van der Waals surface area (Å²) in [5.74, 6) is -0.742. The van der Waals surface area contributed by atoms with Gasteiger partial charge in [0.05, 0.1) is 16.8 Å². The first-order valence-corrected chi connectivity index (χ1v) is 9.14. The van der Waals surface area contributed by atoms with Gasteiger partial charge in [0.2, 0.25) is 0 Å². The highest BCUT2D eigenvalue weighted by Crippen LogP contribution is 2.37. The number of rotatable bonds is 4. The van der Waals surface area contributed by atoms with E-state index in [9.17, 15) is 14.0 Å². The number of halogens is 1. The Balaban J connectivity index is 1.75. The van der Waals surface area contributed by atoms with Crippen LogP contribution in [-0.4, -0.2) is 24.9 Å². The van der Waals surface area contributed by atoms with Crippen molar-refractivity contribution in [1.82, 2.24) is 0 Å². The van der Waals surface area contributed by atoms with Crippen molar-refractivity contribution in [3.8, 4) is 11.5 Å². The number of benzene rings is 3. The van der Waals surface area contributed by atoms with E-state index in [0.29, 0.717) is 30.3 Å². The fraction of sp³-hybridized carbons (Fsp3) is 0.130. The van der Waals surface area contributed by atoms with E-state index in [1.165, 1.54) is 24.3 Å². The lowest BCUT2D eigenvalue weighted by Gasteiger charge is -2.21. The molecule has 0 spiro atoms.